The molecule has 5 nitrogen and oxygen atoms in total. The molecule has 4 N–H and O–H groups in total. The number of hydrogen-bond donors (Lipinski definition) is 4. The van der Waals surface area contributed by atoms with Crippen LogP contribution in [-0.2, 0) is 0 Å². The Hall–Kier alpha value is -3.07. The maximum absolute atomic E-state index is 10.9. The van der Waals surface area contributed by atoms with E-state index in [1.165, 1.54) is 18.9 Å². The highest BCUT2D eigenvalue weighted by atomic mass is 16.4. The number of aromatic carboxylic acids is 1. The number of carboxylic acid groups (broad SMARTS) is 1. The van der Waals surface area contributed by atoms with Crippen LogP contribution in [0.2, 0.25) is 0 Å². The minimum absolute atomic E-state index is 0.0388. The Morgan fingerprint density at radius 3 is 2.07 bits per heavy atom. The molecule has 0 aliphatic carbocycles. The Labute approximate surface area is 166 Å². The van der Waals surface area contributed by atoms with Crippen LogP contribution < -0.4 is 10.6 Å². The van der Waals surface area contributed by atoms with Crippen LogP contribution in [0, 0.1) is 0 Å². The first-order valence-electron chi connectivity index (χ1n) is 9.15. The van der Waals surface area contributed by atoms with E-state index in [0.29, 0.717) is 5.39 Å². The molecule has 0 aliphatic rings. The third kappa shape index (κ3) is 8.54. The van der Waals surface area contributed by atoms with Crippen LogP contribution in [0.1, 0.15) is 23.2 Å². The lowest BCUT2D eigenvalue weighted by atomic mass is 10.0. The fourth-order valence-electron chi connectivity index (χ4n) is 2.48. The van der Waals surface area contributed by atoms with E-state index in [0.717, 1.165) is 31.6 Å². The molecule has 0 saturated carbocycles. The summed E-state index contributed by atoms with van der Waals surface area (Å²) in [6, 6.07) is 10.1. The van der Waals surface area contributed by atoms with Crippen molar-refractivity contribution in [1.82, 2.24) is 10.6 Å². The number of rotatable bonds is 10. The molecule has 28 heavy (non-hydrogen) atoms. The van der Waals surface area contributed by atoms with E-state index in [9.17, 15) is 9.90 Å². The summed E-state index contributed by atoms with van der Waals surface area (Å²) in [4.78, 5) is 10.9. The predicted molar refractivity (Wildman–Crippen MR) is 115 cm³/mol. The number of carboxylic acids is 1. The van der Waals surface area contributed by atoms with Gasteiger partial charge in [-0.05, 0) is 54.9 Å². The van der Waals surface area contributed by atoms with Gasteiger partial charge in [0.2, 0.25) is 0 Å². The van der Waals surface area contributed by atoms with Gasteiger partial charge < -0.3 is 20.8 Å². The second-order valence-electron chi connectivity index (χ2n) is 5.92. The third-order valence-electron chi connectivity index (χ3n) is 3.86. The second kappa shape index (κ2) is 14.0. The van der Waals surface area contributed by atoms with Gasteiger partial charge in [0.05, 0.1) is 0 Å². The van der Waals surface area contributed by atoms with Gasteiger partial charge in [0.1, 0.15) is 11.3 Å². The summed E-state index contributed by atoms with van der Waals surface area (Å²) in [5.74, 6) is -1.31. The number of aromatic hydroxyl groups is 1. The van der Waals surface area contributed by atoms with E-state index in [2.05, 4.69) is 35.3 Å². The van der Waals surface area contributed by atoms with Gasteiger partial charge in [-0.15, -0.1) is 11.5 Å². The van der Waals surface area contributed by atoms with E-state index >= 15 is 0 Å². The summed E-state index contributed by atoms with van der Waals surface area (Å²) in [6.45, 7) is 10.8. The van der Waals surface area contributed by atoms with Crippen LogP contribution in [0.4, 0.5) is 0 Å². The molecule has 2 aromatic carbocycles. The fourth-order valence-corrected chi connectivity index (χ4v) is 2.48. The van der Waals surface area contributed by atoms with Gasteiger partial charge in [-0.1, -0.05) is 43.5 Å². The molecular weight excluding hydrogens is 352 g/mol. The van der Waals surface area contributed by atoms with Gasteiger partial charge in [0.15, 0.2) is 0 Å². The van der Waals surface area contributed by atoms with Crippen molar-refractivity contribution in [2.75, 3.05) is 26.2 Å². The molecular formula is C23H28N2O3. The van der Waals surface area contributed by atoms with E-state index < -0.39 is 5.97 Å². The molecule has 5 heteroatoms. The summed E-state index contributed by atoms with van der Waals surface area (Å²) < 4.78 is 0. The molecule has 0 radical (unpaired) electrons. The molecule has 0 atom stereocenters. The first-order chi connectivity index (χ1) is 13.6. The Morgan fingerprint density at radius 1 is 0.964 bits per heavy atom. The molecule has 0 spiro atoms. The number of nitrogens with one attached hydrogen (secondary N) is 2. The predicted octanol–water partition coefficient (Wildman–Crippen LogP) is 3.87. The van der Waals surface area contributed by atoms with Gasteiger partial charge in [-0.3, -0.25) is 0 Å². The van der Waals surface area contributed by atoms with Crippen molar-refractivity contribution in [3.8, 4) is 5.75 Å². The van der Waals surface area contributed by atoms with Crippen molar-refractivity contribution < 1.29 is 15.0 Å². The highest BCUT2D eigenvalue weighted by Gasteiger charge is 2.12. The van der Waals surface area contributed by atoms with Crippen LogP contribution in [0.5, 0.6) is 5.75 Å². The molecule has 0 saturated heterocycles. The number of benzene rings is 2. The summed E-state index contributed by atoms with van der Waals surface area (Å²) in [7, 11) is 0. The minimum Gasteiger partial charge on any atom is -0.507 e. The molecule has 2 rings (SSSR count). The van der Waals surface area contributed by atoms with Crippen molar-refractivity contribution in [2.24, 2.45) is 0 Å². The van der Waals surface area contributed by atoms with Gasteiger partial charge in [0, 0.05) is 13.1 Å². The first kappa shape index (κ1) is 23.0. The zero-order chi connectivity index (χ0) is 20.6. The molecule has 0 aromatic heterocycles. The highest BCUT2D eigenvalue weighted by molar-refractivity contribution is 6.06. The van der Waals surface area contributed by atoms with E-state index in [1.54, 1.807) is 24.3 Å². The maximum atomic E-state index is 10.9. The fraction of sp³-hybridized carbons (Fsp3) is 0.261. The Balaban J connectivity index is 0.000000280. The number of unbranched alkanes of at least 4 members (excludes halogenated alkanes) is 1. The molecule has 0 fully saturated rings. The molecule has 0 unspecified atom stereocenters. The van der Waals surface area contributed by atoms with Gasteiger partial charge >= 0.3 is 5.97 Å². The molecule has 148 valence electrons. The highest BCUT2D eigenvalue weighted by Crippen LogP contribution is 2.26. The lowest BCUT2D eigenvalue weighted by molar-refractivity contribution is 0.0696. The van der Waals surface area contributed by atoms with Gasteiger partial charge in [-0.25, -0.2) is 4.79 Å². The summed E-state index contributed by atoms with van der Waals surface area (Å²) in [5.41, 5.74) is 5.41. The van der Waals surface area contributed by atoms with Crippen LogP contribution in [0.15, 0.2) is 73.2 Å². The van der Waals surface area contributed by atoms with Crippen molar-refractivity contribution in [3.63, 3.8) is 0 Å². The Kier molecular flexibility index (Phi) is 11.5. The monoisotopic (exact) mass is 380 g/mol. The smallest absolute Gasteiger partial charge is 0.340 e. The normalized spacial score (nSPS) is 9.57. The summed E-state index contributed by atoms with van der Waals surface area (Å²) in [6.07, 6.45) is 6.17. The first-order valence-corrected chi connectivity index (χ1v) is 9.15. The topological polar surface area (TPSA) is 81.6 Å². The second-order valence-corrected chi connectivity index (χ2v) is 5.92. The van der Waals surface area contributed by atoms with Crippen LogP contribution in [0.3, 0.4) is 0 Å². The molecule has 0 aliphatic heterocycles. The zero-order valence-corrected chi connectivity index (χ0v) is 16.1. The van der Waals surface area contributed by atoms with Gasteiger partial charge in [-0.2, -0.15) is 0 Å². The average molecular weight is 380 g/mol. The SMILES string of the molecule is C=C=CCNCCCCNCC=C=C.O=C(O)c1c(O)ccc2ccccc12. The van der Waals surface area contributed by atoms with Crippen LogP contribution in [0.25, 0.3) is 10.8 Å². The summed E-state index contributed by atoms with van der Waals surface area (Å²) in [5, 5.41) is 26.2. The quantitative estimate of drug-likeness (QED) is 0.372. The number of phenols is 1. The maximum Gasteiger partial charge on any atom is 0.340 e. The molecule has 0 bridgehead atoms. The third-order valence-corrected chi connectivity index (χ3v) is 3.86. The van der Waals surface area contributed by atoms with Crippen molar-refractivity contribution in [1.29, 1.82) is 0 Å². The number of fused-ring (bicyclic) bond motifs is 1. The number of hydrogen-bond acceptors (Lipinski definition) is 4. The standard InChI is InChI=1S/C12H20N2.C11H8O3/c1-3-5-9-13-11-7-8-12-14-10-6-4-2;12-9-6-5-7-3-1-2-4-8(7)10(9)11(13)14/h5-6,13-14H,1-2,7-12H2;1-6,12H,(H,13,14). The minimum atomic E-state index is -1.11. The largest absolute Gasteiger partial charge is 0.507 e. The van der Waals surface area contributed by atoms with E-state index in [1.807, 2.05) is 18.2 Å². The van der Waals surface area contributed by atoms with Gasteiger partial charge in [0.25, 0.3) is 0 Å². The molecule has 2 aromatic rings. The van der Waals surface area contributed by atoms with Crippen molar-refractivity contribution in [2.45, 2.75) is 12.8 Å². The molecule has 0 heterocycles. The van der Waals surface area contributed by atoms with E-state index in [-0.39, 0.29) is 11.3 Å². The van der Waals surface area contributed by atoms with Crippen LogP contribution >= 0.6 is 0 Å². The lowest BCUT2D eigenvalue weighted by Crippen LogP contribution is -2.18. The van der Waals surface area contributed by atoms with Crippen molar-refractivity contribution in [3.05, 3.63) is 78.7 Å². The summed E-state index contributed by atoms with van der Waals surface area (Å²) >= 11 is 0. The van der Waals surface area contributed by atoms with E-state index in [4.69, 9.17) is 5.11 Å². The lowest BCUT2D eigenvalue weighted by Gasteiger charge is -2.03. The molecule has 0 amide bonds. The van der Waals surface area contributed by atoms with Crippen LogP contribution in [-0.4, -0.2) is 42.4 Å². The van der Waals surface area contributed by atoms with Crippen molar-refractivity contribution >= 4 is 16.7 Å². The zero-order valence-electron chi connectivity index (χ0n) is 16.1. The Bertz CT molecular complexity index is 824. The number of carbonyl (C=O) groups is 1. The Morgan fingerprint density at radius 2 is 1.54 bits per heavy atom. The average Bonchev–Trinajstić information content (AvgIpc) is 2.69.